The van der Waals surface area contributed by atoms with Crippen LogP contribution in [0.1, 0.15) is 20.3 Å². The number of rotatable bonds is 7. The lowest BCUT2D eigenvalue weighted by molar-refractivity contribution is 0.0691. The second-order valence-corrected chi connectivity index (χ2v) is 4.97. The van der Waals surface area contributed by atoms with Crippen LogP contribution in [0.4, 0.5) is 0 Å². The molecule has 92 valence electrons. The molecule has 0 aliphatic heterocycles. The van der Waals surface area contributed by atoms with Gasteiger partial charge in [-0.05, 0) is 0 Å². The molecule has 7 heteroatoms. The average molecular weight is 272 g/mol. The molecule has 1 aromatic rings. The van der Waals surface area contributed by atoms with E-state index in [2.05, 4.69) is 16.9 Å². The van der Waals surface area contributed by atoms with Crippen LogP contribution in [0.15, 0.2) is 18.0 Å². The largest absolute Gasteiger partial charge is 0.476 e. The van der Waals surface area contributed by atoms with Gasteiger partial charge in [-0.25, -0.2) is 9.78 Å². The minimum absolute atomic E-state index is 0.0961. The molecular weight excluding hydrogens is 260 g/mol. The van der Waals surface area contributed by atoms with Gasteiger partial charge >= 0.3 is 5.97 Å². The molecule has 1 amide bonds. The number of nitrogens with one attached hydrogen (secondary N) is 1. The lowest BCUT2D eigenvalue weighted by Gasteiger charge is -2.01. The molecule has 17 heavy (non-hydrogen) atoms. The molecule has 0 fully saturated rings. The lowest BCUT2D eigenvalue weighted by Crippen LogP contribution is -2.25. The van der Waals surface area contributed by atoms with Gasteiger partial charge in [-0.15, -0.1) is 17.9 Å². The normalized spacial score (nSPS) is 9.88. The van der Waals surface area contributed by atoms with Crippen molar-refractivity contribution in [2.75, 3.05) is 18.1 Å². The second kappa shape index (κ2) is 7.08. The van der Waals surface area contributed by atoms with Gasteiger partial charge < -0.3 is 10.4 Å². The Hall–Kier alpha value is -1.34. The van der Waals surface area contributed by atoms with Gasteiger partial charge in [0, 0.05) is 23.4 Å². The summed E-state index contributed by atoms with van der Waals surface area (Å²) < 4.78 is 0. The number of thioether (sulfide) groups is 1. The highest BCUT2D eigenvalue weighted by Gasteiger charge is 2.13. The van der Waals surface area contributed by atoms with Crippen molar-refractivity contribution in [3.05, 3.63) is 28.7 Å². The number of carboxylic acid groups (broad SMARTS) is 1. The second-order valence-electron chi connectivity index (χ2n) is 2.96. The molecule has 0 aliphatic rings. The van der Waals surface area contributed by atoms with Crippen LogP contribution in [0.2, 0.25) is 0 Å². The maximum absolute atomic E-state index is 11.5. The van der Waals surface area contributed by atoms with Crippen molar-refractivity contribution in [1.29, 1.82) is 0 Å². The van der Waals surface area contributed by atoms with Gasteiger partial charge in [0.1, 0.15) is 0 Å². The SMILES string of the molecule is C=CCSCCNC(=O)c1nc(C(=O)O)cs1. The van der Waals surface area contributed by atoms with Crippen LogP contribution in [0.25, 0.3) is 0 Å². The quantitative estimate of drug-likeness (QED) is 0.580. The topological polar surface area (TPSA) is 79.3 Å². The summed E-state index contributed by atoms with van der Waals surface area (Å²) in [5.41, 5.74) is -0.0961. The monoisotopic (exact) mass is 272 g/mol. The van der Waals surface area contributed by atoms with Crippen LogP contribution in [-0.2, 0) is 0 Å². The number of carbonyl (C=O) groups is 2. The summed E-state index contributed by atoms with van der Waals surface area (Å²) in [6, 6.07) is 0. The maximum Gasteiger partial charge on any atom is 0.355 e. The molecule has 1 heterocycles. The highest BCUT2D eigenvalue weighted by atomic mass is 32.2. The number of hydrogen-bond donors (Lipinski definition) is 2. The molecule has 0 saturated heterocycles. The van der Waals surface area contributed by atoms with Crippen molar-refractivity contribution in [2.24, 2.45) is 0 Å². The van der Waals surface area contributed by atoms with Crippen molar-refractivity contribution < 1.29 is 14.7 Å². The van der Waals surface area contributed by atoms with E-state index in [1.54, 1.807) is 17.8 Å². The first-order chi connectivity index (χ1) is 8.15. The number of aromatic nitrogens is 1. The zero-order valence-electron chi connectivity index (χ0n) is 9.01. The molecule has 0 aromatic carbocycles. The fourth-order valence-corrected chi connectivity index (χ4v) is 2.24. The van der Waals surface area contributed by atoms with E-state index in [1.165, 1.54) is 5.38 Å². The maximum atomic E-state index is 11.5. The van der Waals surface area contributed by atoms with E-state index in [-0.39, 0.29) is 16.6 Å². The first kappa shape index (κ1) is 13.7. The summed E-state index contributed by atoms with van der Waals surface area (Å²) in [5, 5.41) is 12.9. The summed E-state index contributed by atoms with van der Waals surface area (Å²) in [6.45, 7) is 4.12. The summed E-state index contributed by atoms with van der Waals surface area (Å²) in [4.78, 5) is 25.8. The van der Waals surface area contributed by atoms with Crippen LogP contribution < -0.4 is 5.32 Å². The summed E-state index contributed by atoms with van der Waals surface area (Å²) in [6.07, 6.45) is 1.80. The zero-order valence-corrected chi connectivity index (χ0v) is 10.6. The van der Waals surface area contributed by atoms with Crippen LogP contribution in [0.5, 0.6) is 0 Å². The van der Waals surface area contributed by atoms with Crippen LogP contribution in [0.3, 0.4) is 0 Å². The van der Waals surface area contributed by atoms with Gasteiger partial charge in [-0.3, -0.25) is 4.79 Å². The molecule has 0 saturated carbocycles. The summed E-state index contributed by atoms with van der Waals surface area (Å²) in [7, 11) is 0. The molecule has 0 radical (unpaired) electrons. The Kier molecular flexibility index (Phi) is 5.71. The van der Waals surface area contributed by atoms with E-state index in [0.29, 0.717) is 6.54 Å². The van der Waals surface area contributed by atoms with Crippen molar-refractivity contribution in [3.63, 3.8) is 0 Å². The highest BCUT2D eigenvalue weighted by Crippen LogP contribution is 2.09. The third-order valence-corrected chi connectivity index (χ3v) is 3.49. The predicted octanol–water partition coefficient (Wildman–Crippen LogP) is 1.49. The fourth-order valence-electron chi connectivity index (χ4n) is 0.955. The van der Waals surface area contributed by atoms with Crippen molar-refractivity contribution in [2.45, 2.75) is 0 Å². The first-order valence-electron chi connectivity index (χ1n) is 4.80. The number of nitrogens with zero attached hydrogens (tertiary/aromatic N) is 1. The van der Waals surface area contributed by atoms with Gasteiger partial charge in [0.05, 0.1) is 0 Å². The Morgan fingerprint density at radius 3 is 3.00 bits per heavy atom. The Bertz CT molecular complexity index is 417. The van der Waals surface area contributed by atoms with Gasteiger partial charge in [0.2, 0.25) is 0 Å². The Balaban J connectivity index is 2.36. The third kappa shape index (κ3) is 4.58. The number of hydrogen-bond acceptors (Lipinski definition) is 5. The van der Waals surface area contributed by atoms with E-state index in [4.69, 9.17) is 5.11 Å². The van der Waals surface area contributed by atoms with Crippen molar-refractivity contribution >= 4 is 35.0 Å². The molecule has 2 N–H and O–H groups in total. The van der Waals surface area contributed by atoms with Gasteiger partial charge in [-0.2, -0.15) is 11.8 Å². The number of thiazole rings is 1. The number of aromatic carboxylic acids is 1. The van der Waals surface area contributed by atoms with Crippen molar-refractivity contribution in [3.8, 4) is 0 Å². The van der Waals surface area contributed by atoms with Gasteiger partial charge in [-0.1, -0.05) is 6.08 Å². The van der Waals surface area contributed by atoms with Gasteiger partial charge in [0.25, 0.3) is 5.91 Å². The molecular formula is C10H12N2O3S2. The van der Waals surface area contributed by atoms with Crippen molar-refractivity contribution in [1.82, 2.24) is 10.3 Å². The predicted molar refractivity (Wildman–Crippen MR) is 68.9 cm³/mol. The van der Waals surface area contributed by atoms with E-state index >= 15 is 0 Å². The van der Waals surface area contributed by atoms with Gasteiger partial charge in [0.15, 0.2) is 10.7 Å². The van der Waals surface area contributed by atoms with E-state index < -0.39 is 5.97 Å². The minimum Gasteiger partial charge on any atom is -0.476 e. The minimum atomic E-state index is -1.12. The Labute approximate surface area is 107 Å². The molecule has 1 aromatic heterocycles. The molecule has 0 spiro atoms. The van der Waals surface area contributed by atoms with E-state index in [0.717, 1.165) is 22.8 Å². The van der Waals surface area contributed by atoms with Crippen LogP contribution >= 0.6 is 23.1 Å². The third-order valence-electron chi connectivity index (χ3n) is 1.69. The highest BCUT2D eigenvalue weighted by molar-refractivity contribution is 7.99. The molecule has 1 rings (SSSR count). The molecule has 0 unspecified atom stereocenters. The number of carbonyl (C=O) groups excluding carboxylic acids is 1. The molecule has 0 atom stereocenters. The summed E-state index contributed by atoms with van der Waals surface area (Å²) >= 11 is 2.68. The average Bonchev–Trinajstić information content (AvgIpc) is 2.78. The Morgan fingerprint density at radius 2 is 2.41 bits per heavy atom. The molecule has 0 bridgehead atoms. The molecule has 0 aliphatic carbocycles. The molecule has 5 nitrogen and oxygen atoms in total. The standard InChI is InChI=1S/C10H12N2O3S2/c1-2-4-16-5-3-11-8(13)9-12-7(6-17-9)10(14)15/h2,6H,1,3-5H2,(H,11,13)(H,14,15). The lowest BCUT2D eigenvalue weighted by atomic mass is 10.5. The van der Waals surface area contributed by atoms with E-state index in [9.17, 15) is 9.59 Å². The first-order valence-corrected chi connectivity index (χ1v) is 6.84. The van der Waals surface area contributed by atoms with Crippen LogP contribution in [-0.4, -0.2) is 40.0 Å². The summed E-state index contributed by atoms with van der Waals surface area (Å²) in [5.74, 6) is 0.175. The number of carboxylic acids is 1. The smallest absolute Gasteiger partial charge is 0.355 e. The Morgan fingerprint density at radius 1 is 1.65 bits per heavy atom. The van der Waals surface area contributed by atoms with Crippen LogP contribution in [0, 0.1) is 0 Å². The zero-order chi connectivity index (χ0) is 12.7. The number of amides is 1. The fraction of sp³-hybridized carbons (Fsp3) is 0.300. The van der Waals surface area contributed by atoms with E-state index in [1.807, 2.05) is 0 Å².